The Morgan fingerprint density at radius 3 is 2.23 bits per heavy atom. The first-order valence-electron chi connectivity index (χ1n) is 9.02. The van der Waals surface area contributed by atoms with E-state index in [2.05, 4.69) is 24.8 Å². The number of hydrogen-bond donors (Lipinski definition) is 0. The van der Waals surface area contributed by atoms with Gasteiger partial charge in [-0.25, -0.2) is 0 Å². The fourth-order valence-electron chi connectivity index (χ4n) is 3.73. The van der Waals surface area contributed by atoms with Crippen LogP contribution in [0.15, 0.2) is 36.4 Å². The van der Waals surface area contributed by atoms with Crippen molar-refractivity contribution in [1.29, 1.82) is 0 Å². The van der Waals surface area contributed by atoms with Gasteiger partial charge < -0.3 is 9.47 Å². The lowest BCUT2D eigenvalue weighted by Crippen LogP contribution is -2.35. The van der Waals surface area contributed by atoms with Gasteiger partial charge in [0.05, 0.1) is 30.9 Å². The highest BCUT2D eigenvalue weighted by Gasteiger charge is 2.41. The summed E-state index contributed by atoms with van der Waals surface area (Å²) in [5, 5.41) is 0. The van der Waals surface area contributed by atoms with Gasteiger partial charge in [-0.15, -0.1) is 0 Å². The summed E-state index contributed by atoms with van der Waals surface area (Å²) in [6.45, 7) is 3.44. The molecule has 5 heteroatoms. The van der Waals surface area contributed by atoms with Gasteiger partial charge in [-0.1, -0.05) is 37.0 Å². The van der Waals surface area contributed by atoms with Gasteiger partial charge in [0, 0.05) is 11.8 Å². The number of carbonyl (C=O) groups excluding carboxylic acids is 2. The molecule has 134 valence electrons. The third kappa shape index (κ3) is 2.76. The molecule has 5 nitrogen and oxygen atoms in total. The normalized spacial score (nSPS) is 26.1. The van der Waals surface area contributed by atoms with E-state index in [1.807, 2.05) is 6.08 Å². The molecule has 2 heterocycles. The Balaban J connectivity index is 1.50. The molecule has 0 aromatic heterocycles. The predicted molar refractivity (Wildman–Crippen MR) is 95.3 cm³/mol. The first-order chi connectivity index (χ1) is 12.6. The lowest BCUT2D eigenvalue weighted by atomic mass is 9.75. The maximum absolute atomic E-state index is 12.4. The third-order valence-electron chi connectivity index (χ3n) is 5.44. The quantitative estimate of drug-likeness (QED) is 0.467. The average Bonchev–Trinajstić information content (AvgIpc) is 3.23. The van der Waals surface area contributed by atoms with E-state index < -0.39 is 5.79 Å². The molecular weight excluding hydrogens is 330 g/mol. The van der Waals surface area contributed by atoms with Gasteiger partial charge in [-0.05, 0) is 31.1 Å². The molecule has 26 heavy (non-hydrogen) atoms. The highest BCUT2D eigenvalue weighted by Crippen LogP contribution is 2.41. The summed E-state index contributed by atoms with van der Waals surface area (Å²) in [7, 11) is 0. The molecule has 1 saturated heterocycles. The van der Waals surface area contributed by atoms with Gasteiger partial charge in [0.1, 0.15) is 0 Å². The zero-order chi connectivity index (χ0) is 18.2. The Kier molecular flexibility index (Phi) is 4.18. The van der Waals surface area contributed by atoms with Crippen LogP contribution in [-0.2, 0) is 9.47 Å². The maximum atomic E-state index is 12.4. The number of rotatable bonds is 2. The minimum absolute atomic E-state index is 0.111. The van der Waals surface area contributed by atoms with E-state index in [1.54, 1.807) is 24.3 Å². The average molecular weight is 351 g/mol. The minimum Gasteiger partial charge on any atom is -0.344 e. The van der Waals surface area contributed by atoms with Gasteiger partial charge in [0.25, 0.3) is 11.8 Å². The molecule has 3 aliphatic rings. The SMILES string of the molecule is CCC1(C#CCN2C(=O)c3ccccc3C2=O)C=CC2(CC1)OCCO2. The van der Waals surface area contributed by atoms with Crippen molar-refractivity contribution in [3.63, 3.8) is 0 Å². The molecule has 1 aliphatic carbocycles. The Morgan fingerprint density at radius 1 is 1.04 bits per heavy atom. The van der Waals surface area contributed by atoms with E-state index in [0.29, 0.717) is 24.3 Å². The molecule has 1 aromatic rings. The van der Waals surface area contributed by atoms with Gasteiger partial charge in [0.2, 0.25) is 0 Å². The number of benzene rings is 1. The summed E-state index contributed by atoms with van der Waals surface area (Å²) in [6, 6.07) is 6.89. The first kappa shape index (κ1) is 17.0. The molecule has 1 spiro atoms. The van der Waals surface area contributed by atoms with Crippen molar-refractivity contribution < 1.29 is 19.1 Å². The number of nitrogens with zero attached hydrogens (tertiary/aromatic N) is 1. The van der Waals surface area contributed by atoms with Crippen LogP contribution in [0.25, 0.3) is 0 Å². The topological polar surface area (TPSA) is 55.8 Å². The number of ether oxygens (including phenoxy) is 2. The van der Waals surface area contributed by atoms with Gasteiger partial charge in [-0.3, -0.25) is 14.5 Å². The largest absolute Gasteiger partial charge is 0.344 e. The monoisotopic (exact) mass is 351 g/mol. The number of fused-ring (bicyclic) bond motifs is 1. The second-order valence-corrected chi connectivity index (χ2v) is 6.90. The fourth-order valence-corrected chi connectivity index (χ4v) is 3.73. The number of amides is 2. The molecule has 2 aliphatic heterocycles. The van der Waals surface area contributed by atoms with E-state index in [-0.39, 0.29) is 23.8 Å². The van der Waals surface area contributed by atoms with Crippen molar-refractivity contribution in [3.8, 4) is 11.8 Å². The van der Waals surface area contributed by atoms with Crippen LogP contribution in [0.3, 0.4) is 0 Å². The summed E-state index contributed by atoms with van der Waals surface area (Å²) >= 11 is 0. The third-order valence-corrected chi connectivity index (χ3v) is 5.44. The fraction of sp³-hybridized carbons (Fsp3) is 0.429. The van der Waals surface area contributed by atoms with Crippen LogP contribution in [0, 0.1) is 17.3 Å². The molecule has 0 bridgehead atoms. The van der Waals surface area contributed by atoms with Crippen LogP contribution < -0.4 is 0 Å². The first-order valence-corrected chi connectivity index (χ1v) is 9.02. The molecule has 4 rings (SSSR count). The van der Waals surface area contributed by atoms with Crippen LogP contribution in [-0.4, -0.2) is 42.3 Å². The molecule has 0 N–H and O–H groups in total. The van der Waals surface area contributed by atoms with Crippen molar-refractivity contribution in [1.82, 2.24) is 4.90 Å². The molecule has 2 amide bonds. The molecular formula is C21H21NO4. The number of hydrogen-bond acceptors (Lipinski definition) is 4. The second-order valence-electron chi connectivity index (χ2n) is 6.90. The van der Waals surface area contributed by atoms with Gasteiger partial charge in [0.15, 0.2) is 5.79 Å². The highest BCUT2D eigenvalue weighted by molar-refractivity contribution is 6.21. The summed E-state index contributed by atoms with van der Waals surface area (Å²) < 4.78 is 11.4. The van der Waals surface area contributed by atoms with E-state index in [9.17, 15) is 9.59 Å². The van der Waals surface area contributed by atoms with E-state index in [4.69, 9.17) is 9.47 Å². The van der Waals surface area contributed by atoms with Crippen LogP contribution in [0.5, 0.6) is 0 Å². The zero-order valence-corrected chi connectivity index (χ0v) is 14.8. The van der Waals surface area contributed by atoms with Crippen molar-refractivity contribution in [2.45, 2.75) is 32.0 Å². The van der Waals surface area contributed by atoms with Crippen molar-refractivity contribution in [3.05, 3.63) is 47.5 Å². The number of imide groups is 1. The van der Waals surface area contributed by atoms with E-state index in [1.165, 1.54) is 4.90 Å². The Labute approximate surface area is 153 Å². The van der Waals surface area contributed by atoms with Crippen LogP contribution in [0.2, 0.25) is 0 Å². The van der Waals surface area contributed by atoms with E-state index >= 15 is 0 Å². The standard InChI is InChI=1S/C21H21NO4/c1-2-20(9-11-21(12-10-20)25-14-15-26-21)8-5-13-22-18(23)16-6-3-4-7-17(16)19(22)24/h3-4,6-7,9,11H,2,10,12-15H2,1H3. The smallest absolute Gasteiger partial charge is 0.262 e. The minimum atomic E-state index is -0.580. The summed E-state index contributed by atoms with van der Waals surface area (Å²) in [5.74, 6) is 5.24. The molecule has 0 saturated carbocycles. The lowest BCUT2D eigenvalue weighted by Gasteiger charge is -2.35. The lowest BCUT2D eigenvalue weighted by molar-refractivity contribution is -0.129. The van der Waals surface area contributed by atoms with E-state index in [0.717, 1.165) is 19.3 Å². The van der Waals surface area contributed by atoms with Crippen LogP contribution in [0.4, 0.5) is 0 Å². The highest BCUT2D eigenvalue weighted by atomic mass is 16.7. The molecule has 0 radical (unpaired) electrons. The predicted octanol–water partition coefficient (Wildman–Crippen LogP) is 2.78. The van der Waals surface area contributed by atoms with Crippen LogP contribution in [0.1, 0.15) is 46.9 Å². The summed E-state index contributed by atoms with van der Waals surface area (Å²) in [6.07, 6.45) is 6.49. The van der Waals surface area contributed by atoms with Crippen molar-refractivity contribution in [2.75, 3.05) is 19.8 Å². The number of carbonyl (C=O) groups is 2. The summed E-state index contributed by atoms with van der Waals surface area (Å²) in [5.41, 5.74) is 0.651. The molecule has 1 fully saturated rings. The molecule has 1 atom stereocenters. The zero-order valence-electron chi connectivity index (χ0n) is 14.8. The maximum Gasteiger partial charge on any atom is 0.262 e. The molecule has 1 unspecified atom stereocenters. The van der Waals surface area contributed by atoms with Crippen molar-refractivity contribution >= 4 is 11.8 Å². The summed E-state index contributed by atoms with van der Waals surface area (Å²) in [4.78, 5) is 26.0. The van der Waals surface area contributed by atoms with Crippen LogP contribution >= 0.6 is 0 Å². The second kappa shape index (κ2) is 6.39. The van der Waals surface area contributed by atoms with Gasteiger partial charge >= 0.3 is 0 Å². The number of allylic oxidation sites excluding steroid dienone is 1. The Hall–Kier alpha value is -2.42. The van der Waals surface area contributed by atoms with Crippen molar-refractivity contribution in [2.24, 2.45) is 5.41 Å². The Morgan fingerprint density at radius 2 is 1.69 bits per heavy atom. The molecule has 1 aromatic carbocycles. The van der Waals surface area contributed by atoms with Gasteiger partial charge in [-0.2, -0.15) is 0 Å². The Bertz CT molecular complexity index is 806.